The fraction of sp³-hybridized carbons (Fsp3) is 0.333. The van der Waals surface area contributed by atoms with Crippen molar-refractivity contribution in [3.05, 3.63) is 59.3 Å². The van der Waals surface area contributed by atoms with E-state index < -0.39 is 0 Å². The van der Waals surface area contributed by atoms with Crippen molar-refractivity contribution >= 4 is 18.2 Å². The number of halogens is 1. The standard InChI is InChI=1S/C21H23N5O.ClH/c1-14-21(22-2)26-19(12-24-14)17-11-20(25-18-9-4-3-8-16(17)18)27-13-15-7-5-6-10-23-15;/h5-7,10-12H,3-4,8-9,13H2,1-2H3,(H,22,26);1H. The van der Waals surface area contributed by atoms with E-state index in [2.05, 4.69) is 15.3 Å². The molecule has 4 rings (SSSR count). The SMILES string of the molecule is CNc1nc(-c2cc(OCc3ccccn3)nc3c2CCCC3)cnc1C.Cl. The predicted molar refractivity (Wildman–Crippen MR) is 112 cm³/mol. The molecule has 0 radical (unpaired) electrons. The van der Waals surface area contributed by atoms with E-state index in [1.807, 2.05) is 44.4 Å². The summed E-state index contributed by atoms with van der Waals surface area (Å²) in [5.74, 6) is 1.41. The van der Waals surface area contributed by atoms with Gasteiger partial charge >= 0.3 is 0 Å². The Balaban J connectivity index is 0.00000225. The number of nitrogens with one attached hydrogen (secondary N) is 1. The van der Waals surface area contributed by atoms with Crippen molar-refractivity contribution in [1.82, 2.24) is 19.9 Å². The minimum atomic E-state index is 0. The summed E-state index contributed by atoms with van der Waals surface area (Å²) in [5, 5.41) is 3.12. The topological polar surface area (TPSA) is 72.8 Å². The molecule has 0 saturated heterocycles. The van der Waals surface area contributed by atoms with E-state index in [0.29, 0.717) is 12.5 Å². The number of fused-ring (bicyclic) bond motifs is 1. The molecule has 1 aliphatic carbocycles. The Bertz CT molecular complexity index is 949. The van der Waals surface area contributed by atoms with Crippen molar-refractivity contribution < 1.29 is 4.74 Å². The molecule has 7 heteroatoms. The normalized spacial score (nSPS) is 12.6. The van der Waals surface area contributed by atoms with Gasteiger partial charge in [-0.05, 0) is 50.3 Å². The Labute approximate surface area is 171 Å². The lowest BCUT2D eigenvalue weighted by Gasteiger charge is -2.20. The Morgan fingerprint density at radius 3 is 2.75 bits per heavy atom. The molecule has 146 valence electrons. The maximum atomic E-state index is 5.96. The van der Waals surface area contributed by atoms with Crippen LogP contribution < -0.4 is 10.1 Å². The second-order valence-electron chi connectivity index (χ2n) is 6.69. The van der Waals surface area contributed by atoms with Gasteiger partial charge in [0.2, 0.25) is 5.88 Å². The fourth-order valence-electron chi connectivity index (χ4n) is 3.43. The molecular formula is C21H24ClN5O. The first-order valence-corrected chi connectivity index (χ1v) is 9.32. The van der Waals surface area contributed by atoms with E-state index in [1.54, 1.807) is 6.20 Å². The molecule has 0 aliphatic heterocycles. The zero-order valence-electron chi connectivity index (χ0n) is 16.1. The van der Waals surface area contributed by atoms with Gasteiger partial charge in [-0.25, -0.2) is 9.97 Å². The van der Waals surface area contributed by atoms with Gasteiger partial charge in [-0.1, -0.05) is 6.07 Å². The molecule has 0 atom stereocenters. The predicted octanol–water partition coefficient (Wildman–Crippen LogP) is 4.16. The van der Waals surface area contributed by atoms with E-state index in [0.717, 1.165) is 53.4 Å². The number of rotatable bonds is 5. The quantitative estimate of drug-likeness (QED) is 0.696. The lowest BCUT2D eigenvalue weighted by molar-refractivity contribution is 0.288. The molecule has 3 aromatic rings. The van der Waals surface area contributed by atoms with E-state index in [4.69, 9.17) is 14.7 Å². The molecule has 0 unspecified atom stereocenters. The van der Waals surface area contributed by atoms with Gasteiger partial charge in [0, 0.05) is 30.6 Å². The molecule has 0 bridgehead atoms. The summed E-state index contributed by atoms with van der Waals surface area (Å²) in [7, 11) is 1.87. The highest BCUT2D eigenvalue weighted by atomic mass is 35.5. The highest BCUT2D eigenvalue weighted by Gasteiger charge is 2.19. The molecule has 28 heavy (non-hydrogen) atoms. The number of anilines is 1. The third-order valence-electron chi connectivity index (χ3n) is 4.84. The van der Waals surface area contributed by atoms with Gasteiger partial charge in [-0.15, -0.1) is 12.4 Å². The Kier molecular flexibility index (Phi) is 6.41. The maximum absolute atomic E-state index is 5.96. The Morgan fingerprint density at radius 2 is 1.96 bits per heavy atom. The van der Waals surface area contributed by atoms with Gasteiger partial charge < -0.3 is 10.1 Å². The minimum Gasteiger partial charge on any atom is -0.471 e. The molecule has 6 nitrogen and oxygen atoms in total. The largest absolute Gasteiger partial charge is 0.471 e. The summed E-state index contributed by atoms with van der Waals surface area (Å²) in [5.41, 5.74) is 6.07. The van der Waals surface area contributed by atoms with Crippen LogP contribution in [0.15, 0.2) is 36.7 Å². The van der Waals surface area contributed by atoms with Crippen LogP contribution in [-0.4, -0.2) is 27.0 Å². The van der Waals surface area contributed by atoms with E-state index in [9.17, 15) is 0 Å². The number of nitrogens with zero attached hydrogens (tertiary/aromatic N) is 4. The zero-order valence-corrected chi connectivity index (χ0v) is 16.9. The average molecular weight is 398 g/mol. The molecule has 0 amide bonds. The summed E-state index contributed by atoms with van der Waals surface area (Å²) >= 11 is 0. The molecule has 1 aliphatic rings. The van der Waals surface area contributed by atoms with Crippen LogP contribution in [0.3, 0.4) is 0 Å². The summed E-state index contributed by atoms with van der Waals surface area (Å²) in [4.78, 5) is 18.3. The molecule has 0 saturated carbocycles. The van der Waals surface area contributed by atoms with Crippen molar-refractivity contribution in [3.63, 3.8) is 0 Å². The zero-order chi connectivity index (χ0) is 18.6. The minimum absolute atomic E-state index is 0. The number of ether oxygens (including phenoxy) is 1. The number of aromatic nitrogens is 4. The van der Waals surface area contributed by atoms with Crippen LogP contribution in [0, 0.1) is 6.92 Å². The van der Waals surface area contributed by atoms with Crippen LogP contribution in [0.5, 0.6) is 5.88 Å². The van der Waals surface area contributed by atoms with E-state index in [1.165, 1.54) is 12.0 Å². The molecule has 0 aromatic carbocycles. The summed E-state index contributed by atoms with van der Waals surface area (Å²) in [6.07, 6.45) is 7.93. The van der Waals surface area contributed by atoms with Crippen molar-refractivity contribution in [3.8, 4) is 17.1 Å². The first kappa shape index (κ1) is 20.0. The van der Waals surface area contributed by atoms with Gasteiger partial charge in [0.05, 0.1) is 23.3 Å². The van der Waals surface area contributed by atoms with Crippen LogP contribution in [-0.2, 0) is 19.4 Å². The summed E-state index contributed by atoms with van der Waals surface area (Å²) in [6.45, 7) is 2.35. The van der Waals surface area contributed by atoms with Crippen molar-refractivity contribution in [1.29, 1.82) is 0 Å². The van der Waals surface area contributed by atoms with Gasteiger partial charge in [0.15, 0.2) is 0 Å². The summed E-state index contributed by atoms with van der Waals surface area (Å²) < 4.78 is 5.96. The van der Waals surface area contributed by atoms with Crippen LogP contribution in [0.4, 0.5) is 5.82 Å². The van der Waals surface area contributed by atoms with Crippen LogP contribution in [0.2, 0.25) is 0 Å². The third kappa shape index (κ3) is 4.22. The van der Waals surface area contributed by atoms with Crippen LogP contribution in [0.25, 0.3) is 11.3 Å². The monoisotopic (exact) mass is 397 g/mol. The lowest BCUT2D eigenvalue weighted by Crippen LogP contribution is -2.10. The van der Waals surface area contributed by atoms with Crippen molar-refractivity contribution in [2.75, 3.05) is 12.4 Å². The fourth-order valence-corrected chi connectivity index (χ4v) is 3.43. The summed E-state index contributed by atoms with van der Waals surface area (Å²) in [6, 6.07) is 7.79. The average Bonchev–Trinajstić information content (AvgIpc) is 2.73. The van der Waals surface area contributed by atoms with Gasteiger partial charge in [-0.3, -0.25) is 9.97 Å². The highest BCUT2D eigenvalue weighted by Crippen LogP contribution is 2.33. The second kappa shape index (κ2) is 8.97. The molecular weight excluding hydrogens is 374 g/mol. The highest BCUT2D eigenvalue weighted by molar-refractivity contribution is 5.85. The number of aryl methyl sites for hydroxylation is 2. The molecule has 0 spiro atoms. The van der Waals surface area contributed by atoms with Crippen LogP contribution >= 0.6 is 12.4 Å². The second-order valence-corrected chi connectivity index (χ2v) is 6.69. The number of pyridine rings is 2. The third-order valence-corrected chi connectivity index (χ3v) is 4.84. The molecule has 1 N–H and O–H groups in total. The van der Waals surface area contributed by atoms with Gasteiger partial charge in [0.1, 0.15) is 12.4 Å². The number of hydrogen-bond acceptors (Lipinski definition) is 6. The Hall–Kier alpha value is -2.73. The van der Waals surface area contributed by atoms with Crippen molar-refractivity contribution in [2.45, 2.75) is 39.2 Å². The molecule has 0 fully saturated rings. The van der Waals surface area contributed by atoms with E-state index in [-0.39, 0.29) is 12.4 Å². The Morgan fingerprint density at radius 1 is 1.11 bits per heavy atom. The van der Waals surface area contributed by atoms with Gasteiger partial charge in [0.25, 0.3) is 0 Å². The first-order valence-electron chi connectivity index (χ1n) is 9.32. The van der Waals surface area contributed by atoms with Crippen molar-refractivity contribution in [2.24, 2.45) is 0 Å². The van der Waals surface area contributed by atoms with Gasteiger partial charge in [-0.2, -0.15) is 0 Å². The lowest BCUT2D eigenvalue weighted by atomic mass is 9.91. The molecule has 3 heterocycles. The smallest absolute Gasteiger partial charge is 0.214 e. The maximum Gasteiger partial charge on any atom is 0.214 e. The van der Waals surface area contributed by atoms with E-state index >= 15 is 0 Å². The number of hydrogen-bond donors (Lipinski definition) is 1. The van der Waals surface area contributed by atoms with Crippen LogP contribution in [0.1, 0.15) is 35.5 Å². The molecule has 3 aromatic heterocycles. The first-order chi connectivity index (χ1) is 13.2.